The first-order valence-corrected chi connectivity index (χ1v) is 5.44. The second-order valence-corrected chi connectivity index (χ2v) is 5.52. The summed E-state index contributed by atoms with van der Waals surface area (Å²) in [6.07, 6.45) is 2.87. The highest BCUT2D eigenvalue weighted by molar-refractivity contribution is 5.88. The Bertz CT molecular complexity index is 399. The van der Waals surface area contributed by atoms with Crippen LogP contribution in [0.2, 0.25) is 0 Å². The van der Waals surface area contributed by atoms with Gasteiger partial charge in [-0.3, -0.25) is 0 Å². The summed E-state index contributed by atoms with van der Waals surface area (Å²) in [5, 5.41) is 0. The quantitative estimate of drug-likeness (QED) is 0.791. The molecule has 1 aromatic rings. The van der Waals surface area contributed by atoms with Crippen molar-refractivity contribution in [3.05, 3.63) is 23.8 Å². The van der Waals surface area contributed by atoms with Crippen molar-refractivity contribution >= 4 is 5.97 Å². The molecule has 0 saturated carbocycles. The molecule has 0 aromatic carbocycles. The number of hydrogen-bond donors (Lipinski definition) is 1. The van der Waals surface area contributed by atoms with Gasteiger partial charge in [-0.15, -0.1) is 0 Å². The van der Waals surface area contributed by atoms with Crippen LogP contribution in [0.5, 0.6) is 0 Å². The first-order chi connectivity index (χ1) is 7.59. The fourth-order valence-electron chi connectivity index (χ4n) is 1.10. The molecule has 1 rings (SSSR count). The highest BCUT2D eigenvalue weighted by atomic mass is 16.6. The van der Waals surface area contributed by atoms with Gasteiger partial charge < -0.3 is 10.5 Å². The van der Waals surface area contributed by atoms with E-state index in [1.807, 2.05) is 20.8 Å². The van der Waals surface area contributed by atoms with Crippen molar-refractivity contribution < 1.29 is 9.53 Å². The third-order valence-electron chi connectivity index (χ3n) is 1.86. The molecule has 0 aliphatic rings. The Hall–Kier alpha value is -1.49. The predicted molar refractivity (Wildman–Crippen MR) is 64.4 cm³/mol. The molecular weight excluding hydrogens is 218 g/mol. The number of esters is 1. The lowest BCUT2D eigenvalue weighted by molar-refractivity contribution is 0.00684. The van der Waals surface area contributed by atoms with Crippen LogP contribution < -0.4 is 5.73 Å². The average Bonchev–Trinajstić information content (AvgIpc) is 2.14. The molecule has 0 unspecified atom stereocenters. The molecule has 5 heteroatoms. The molecule has 0 atom stereocenters. The monoisotopic (exact) mass is 237 g/mol. The van der Waals surface area contributed by atoms with E-state index in [1.54, 1.807) is 13.8 Å². The van der Waals surface area contributed by atoms with Crippen LogP contribution in [0.25, 0.3) is 0 Å². The van der Waals surface area contributed by atoms with Gasteiger partial charge in [-0.25, -0.2) is 14.8 Å². The Labute approximate surface area is 101 Å². The largest absolute Gasteiger partial charge is 0.456 e. The second kappa shape index (κ2) is 4.41. The van der Waals surface area contributed by atoms with Crippen LogP contribution in [0.4, 0.5) is 0 Å². The Morgan fingerprint density at radius 2 is 1.65 bits per heavy atom. The van der Waals surface area contributed by atoms with Crippen LogP contribution in [-0.4, -0.2) is 21.5 Å². The first kappa shape index (κ1) is 13.6. The third-order valence-corrected chi connectivity index (χ3v) is 1.86. The van der Waals surface area contributed by atoms with Crippen molar-refractivity contribution in [2.24, 2.45) is 5.73 Å². The molecule has 0 radical (unpaired) electrons. The number of aromatic nitrogens is 2. The Balaban J connectivity index is 2.85. The highest BCUT2D eigenvalue weighted by Gasteiger charge is 2.21. The molecule has 5 nitrogen and oxygen atoms in total. The van der Waals surface area contributed by atoms with Crippen LogP contribution >= 0.6 is 0 Å². The number of carbonyl (C=O) groups is 1. The highest BCUT2D eigenvalue weighted by Crippen LogP contribution is 2.13. The van der Waals surface area contributed by atoms with Gasteiger partial charge in [0.1, 0.15) is 11.4 Å². The van der Waals surface area contributed by atoms with E-state index in [-0.39, 0.29) is 0 Å². The van der Waals surface area contributed by atoms with E-state index < -0.39 is 17.1 Å². The number of hydrogen-bond acceptors (Lipinski definition) is 5. The summed E-state index contributed by atoms with van der Waals surface area (Å²) in [6.45, 7) is 9.03. The summed E-state index contributed by atoms with van der Waals surface area (Å²) in [6, 6.07) is 0. The van der Waals surface area contributed by atoms with Crippen molar-refractivity contribution in [2.45, 2.75) is 45.8 Å². The summed E-state index contributed by atoms with van der Waals surface area (Å²) in [7, 11) is 0. The van der Waals surface area contributed by atoms with Crippen molar-refractivity contribution in [1.82, 2.24) is 9.97 Å². The topological polar surface area (TPSA) is 78.1 Å². The fourth-order valence-corrected chi connectivity index (χ4v) is 1.10. The molecule has 0 fully saturated rings. The molecule has 0 saturated heterocycles. The zero-order valence-corrected chi connectivity index (χ0v) is 10.9. The number of nitrogens with zero attached hydrogens (tertiary/aromatic N) is 2. The van der Waals surface area contributed by atoms with Gasteiger partial charge in [-0.05, 0) is 34.6 Å². The van der Waals surface area contributed by atoms with Crippen molar-refractivity contribution in [3.8, 4) is 0 Å². The van der Waals surface area contributed by atoms with Crippen LogP contribution in [0.3, 0.4) is 0 Å². The molecule has 2 N–H and O–H groups in total. The maximum absolute atomic E-state index is 11.7. The van der Waals surface area contributed by atoms with E-state index in [4.69, 9.17) is 10.5 Å². The first-order valence-electron chi connectivity index (χ1n) is 5.44. The van der Waals surface area contributed by atoms with Gasteiger partial charge in [0, 0.05) is 12.4 Å². The normalized spacial score (nSPS) is 12.4. The van der Waals surface area contributed by atoms with Gasteiger partial charge in [-0.2, -0.15) is 0 Å². The Kier molecular flexibility index (Phi) is 3.52. The van der Waals surface area contributed by atoms with Gasteiger partial charge in [0.25, 0.3) is 0 Å². The van der Waals surface area contributed by atoms with Crippen LogP contribution in [-0.2, 0) is 10.3 Å². The van der Waals surface area contributed by atoms with E-state index in [9.17, 15) is 4.79 Å². The molecule has 0 aliphatic carbocycles. The SMILES string of the molecule is CC(C)(C)OC(=O)c1cnc(C(C)(C)N)nc1. The van der Waals surface area contributed by atoms with E-state index in [0.717, 1.165) is 0 Å². The maximum atomic E-state index is 11.7. The molecule has 94 valence electrons. The van der Waals surface area contributed by atoms with Gasteiger partial charge in [0.05, 0.1) is 11.1 Å². The molecule has 1 aromatic heterocycles. The lowest BCUT2D eigenvalue weighted by Gasteiger charge is -2.20. The Morgan fingerprint density at radius 1 is 1.18 bits per heavy atom. The summed E-state index contributed by atoms with van der Waals surface area (Å²) in [5.74, 6) is 0.0590. The predicted octanol–water partition coefficient (Wildman–Crippen LogP) is 1.63. The van der Waals surface area contributed by atoms with E-state index >= 15 is 0 Å². The lowest BCUT2D eigenvalue weighted by Crippen LogP contribution is -2.31. The van der Waals surface area contributed by atoms with E-state index in [1.165, 1.54) is 12.4 Å². The molecular formula is C12H19N3O2. The molecule has 0 aliphatic heterocycles. The van der Waals surface area contributed by atoms with Crippen molar-refractivity contribution in [3.63, 3.8) is 0 Å². The van der Waals surface area contributed by atoms with Gasteiger partial charge in [-0.1, -0.05) is 0 Å². The van der Waals surface area contributed by atoms with Crippen LogP contribution in [0.15, 0.2) is 12.4 Å². The minimum absolute atomic E-state index is 0.327. The summed E-state index contributed by atoms with van der Waals surface area (Å²) in [4.78, 5) is 19.8. The number of nitrogens with two attached hydrogens (primary N) is 1. The van der Waals surface area contributed by atoms with Gasteiger partial charge >= 0.3 is 5.97 Å². The number of carbonyl (C=O) groups excluding carboxylic acids is 1. The van der Waals surface area contributed by atoms with Gasteiger partial charge in [0.2, 0.25) is 0 Å². The molecule has 0 amide bonds. The summed E-state index contributed by atoms with van der Waals surface area (Å²) in [5.41, 5.74) is 5.03. The zero-order chi connectivity index (χ0) is 13.3. The van der Waals surface area contributed by atoms with Gasteiger partial charge in [0.15, 0.2) is 0 Å². The number of ether oxygens (including phenoxy) is 1. The second-order valence-electron chi connectivity index (χ2n) is 5.52. The van der Waals surface area contributed by atoms with Crippen LogP contribution in [0.1, 0.15) is 50.8 Å². The number of rotatable bonds is 2. The van der Waals surface area contributed by atoms with E-state index in [0.29, 0.717) is 11.4 Å². The van der Waals surface area contributed by atoms with Crippen molar-refractivity contribution in [2.75, 3.05) is 0 Å². The van der Waals surface area contributed by atoms with Crippen LogP contribution in [0, 0.1) is 0 Å². The molecule has 0 bridgehead atoms. The standard InChI is InChI=1S/C12H19N3O2/c1-11(2,3)17-9(16)8-6-14-10(15-7-8)12(4,5)13/h6-7H,13H2,1-5H3. The molecule has 1 heterocycles. The van der Waals surface area contributed by atoms with Crippen molar-refractivity contribution in [1.29, 1.82) is 0 Å². The Morgan fingerprint density at radius 3 is 2.00 bits per heavy atom. The smallest absolute Gasteiger partial charge is 0.341 e. The summed E-state index contributed by atoms with van der Waals surface area (Å²) >= 11 is 0. The third kappa shape index (κ3) is 4.11. The maximum Gasteiger partial charge on any atom is 0.341 e. The van der Waals surface area contributed by atoms with E-state index in [2.05, 4.69) is 9.97 Å². The average molecular weight is 237 g/mol. The summed E-state index contributed by atoms with van der Waals surface area (Å²) < 4.78 is 5.20. The fraction of sp³-hybridized carbons (Fsp3) is 0.583. The lowest BCUT2D eigenvalue weighted by atomic mass is 10.1. The minimum atomic E-state index is -0.619. The zero-order valence-electron chi connectivity index (χ0n) is 10.9. The molecule has 17 heavy (non-hydrogen) atoms. The minimum Gasteiger partial charge on any atom is -0.456 e. The molecule has 0 spiro atoms.